The molecule has 3 rings (SSSR count). The molecule has 0 aliphatic rings. The summed E-state index contributed by atoms with van der Waals surface area (Å²) < 4.78 is 12.2. The molecule has 2 aromatic carbocycles. The standard InChI is InChI=1S/C20H18N2O2S/c1-13(2)24-18-11-14(8-9-17(18)23-3)10-15(12-21)20-22-16-6-4-5-7-19(16)25-20/h4-11,13H,1-3H3. The number of hydrogen-bond acceptors (Lipinski definition) is 5. The Kier molecular flexibility index (Phi) is 5.01. The molecule has 0 fully saturated rings. The van der Waals surface area contributed by atoms with Crippen LogP contribution in [0.5, 0.6) is 11.5 Å². The third-order valence-corrected chi connectivity index (χ3v) is 4.58. The number of para-hydroxylation sites is 1. The van der Waals surface area contributed by atoms with Crippen LogP contribution in [0.2, 0.25) is 0 Å². The number of thiazole rings is 1. The van der Waals surface area contributed by atoms with Crippen molar-refractivity contribution in [3.63, 3.8) is 0 Å². The van der Waals surface area contributed by atoms with Crippen molar-refractivity contribution in [1.82, 2.24) is 4.98 Å². The fourth-order valence-corrected chi connectivity index (χ4v) is 3.36. The van der Waals surface area contributed by atoms with Gasteiger partial charge in [0.05, 0.1) is 29.0 Å². The van der Waals surface area contributed by atoms with Crippen molar-refractivity contribution in [2.24, 2.45) is 0 Å². The van der Waals surface area contributed by atoms with E-state index in [0.717, 1.165) is 15.8 Å². The Labute approximate surface area is 151 Å². The molecule has 0 unspecified atom stereocenters. The molecular formula is C20H18N2O2S. The molecule has 126 valence electrons. The van der Waals surface area contributed by atoms with Gasteiger partial charge in [0, 0.05) is 0 Å². The van der Waals surface area contributed by atoms with Gasteiger partial charge < -0.3 is 9.47 Å². The van der Waals surface area contributed by atoms with E-state index in [4.69, 9.17) is 9.47 Å². The van der Waals surface area contributed by atoms with E-state index >= 15 is 0 Å². The van der Waals surface area contributed by atoms with E-state index in [9.17, 15) is 5.26 Å². The zero-order chi connectivity index (χ0) is 17.8. The number of benzene rings is 2. The van der Waals surface area contributed by atoms with E-state index < -0.39 is 0 Å². The summed E-state index contributed by atoms with van der Waals surface area (Å²) in [5.41, 5.74) is 2.30. The predicted octanol–water partition coefficient (Wildman–Crippen LogP) is 5.16. The summed E-state index contributed by atoms with van der Waals surface area (Å²) in [4.78, 5) is 4.56. The minimum Gasteiger partial charge on any atom is -0.493 e. The molecule has 0 saturated heterocycles. The van der Waals surface area contributed by atoms with Crippen LogP contribution in [0.1, 0.15) is 24.4 Å². The zero-order valence-electron chi connectivity index (χ0n) is 14.3. The number of aromatic nitrogens is 1. The first-order valence-corrected chi connectivity index (χ1v) is 8.75. The quantitative estimate of drug-likeness (QED) is 0.597. The van der Waals surface area contributed by atoms with Crippen LogP contribution in [0.4, 0.5) is 0 Å². The summed E-state index contributed by atoms with van der Waals surface area (Å²) in [6.07, 6.45) is 1.86. The maximum absolute atomic E-state index is 9.57. The van der Waals surface area contributed by atoms with Crippen LogP contribution in [0.25, 0.3) is 21.9 Å². The maximum Gasteiger partial charge on any atom is 0.162 e. The molecule has 0 N–H and O–H groups in total. The molecule has 5 heteroatoms. The number of ether oxygens (including phenoxy) is 2. The lowest BCUT2D eigenvalue weighted by Gasteiger charge is -2.14. The monoisotopic (exact) mass is 350 g/mol. The second kappa shape index (κ2) is 7.37. The van der Waals surface area contributed by atoms with Gasteiger partial charge >= 0.3 is 0 Å². The molecule has 0 aliphatic heterocycles. The van der Waals surface area contributed by atoms with Crippen molar-refractivity contribution < 1.29 is 9.47 Å². The van der Waals surface area contributed by atoms with E-state index in [0.29, 0.717) is 22.1 Å². The van der Waals surface area contributed by atoms with Crippen molar-refractivity contribution in [3.8, 4) is 17.6 Å². The number of nitriles is 1. The van der Waals surface area contributed by atoms with Crippen LogP contribution < -0.4 is 9.47 Å². The average molecular weight is 350 g/mol. The molecule has 1 heterocycles. The molecule has 4 nitrogen and oxygen atoms in total. The van der Waals surface area contributed by atoms with Gasteiger partial charge in [-0.05, 0) is 49.8 Å². The molecule has 3 aromatic rings. The van der Waals surface area contributed by atoms with Crippen LogP contribution in [0.3, 0.4) is 0 Å². The molecule has 0 bridgehead atoms. The van der Waals surface area contributed by atoms with Crippen LogP contribution in [0, 0.1) is 11.3 Å². The Bertz CT molecular complexity index is 934. The molecule has 0 atom stereocenters. The van der Waals surface area contributed by atoms with Gasteiger partial charge in [-0.1, -0.05) is 18.2 Å². The van der Waals surface area contributed by atoms with Gasteiger partial charge in [0.25, 0.3) is 0 Å². The molecule has 0 spiro atoms. The highest BCUT2D eigenvalue weighted by atomic mass is 32.1. The number of fused-ring (bicyclic) bond motifs is 1. The van der Waals surface area contributed by atoms with Crippen LogP contribution in [-0.4, -0.2) is 18.2 Å². The lowest BCUT2D eigenvalue weighted by Crippen LogP contribution is -2.06. The molecule has 25 heavy (non-hydrogen) atoms. The highest BCUT2D eigenvalue weighted by Crippen LogP contribution is 2.32. The summed E-state index contributed by atoms with van der Waals surface area (Å²) in [5.74, 6) is 1.33. The van der Waals surface area contributed by atoms with Crippen molar-refractivity contribution in [1.29, 1.82) is 5.26 Å². The molecular weight excluding hydrogens is 332 g/mol. The smallest absolute Gasteiger partial charge is 0.162 e. The van der Waals surface area contributed by atoms with E-state index in [1.165, 1.54) is 11.3 Å². The van der Waals surface area contributed by atoms with Crippen molar-refractivity contribution in [2.45, 2.75) is 20.0 Å². The lowest BCUT2D eigenvalue weighted by atomic mass is 10.1. The fourth-order valence-electron chi connectivity index (χ4n) is 2.43. The molecule has 0 saturated carbocycles. The van der Waals surface area contributed by atoms with Crippen molar-refractivity contribution in [2.75, 3.05) is 7.11 Å². The van der Waals surface area contributed by atoms with Crippen molar-refractivity contribution >= 4 is 33.2 Å². The van der Waals surface area contributed by atoms with Gasteiger partial charge in [-0.15, -0.1) is 11.3 Å². The summed E-state index contributed by atoms with van der Waals surface area (Å²) in [6.45, 7) is 3.92. The summed E-state index contributed by atoms with van der Waals surface area (Å²) in [6, 6.07) is 15.8. The number of methoxy groups -OCH3 is 1. The van der Waals surface area contributed by atoms with E-state index in [1.54, 1.807) is 7.11 Å². The summed E-state index contributed by atoms with van der Waals surface area (Å²) in [7, 11) is 1.61. The first-order valence-electron chi connectivity index (χ1n) is 7.93. The summed E-state index contributed by atoms with van der Waals surface area (Å²) >= 11 is 1.51. The van der Waals surface area contributed by atoms with Gasteiger partial charge in [0.2, 0.25) is 0 Å². The molecule has 0 radical (unpaired) electrons. The molecule has 0 aliphatic carbocycles. The predicted molar refractivity (Wildman–Crippen MR) is 102 cm³/mol. The number of rotatable bonds is 5. The summed E-state index contributed by atoms with van der Waals surface area (Å²) in [5, 5.41) is 10.3. The fraction of sp³-hybridized carbons (Fsp3) is 0.200. The zero-order valence-corrected chi connectivity index (χ0v) is 15.1. The third-order valence-electron chi connectivity index (χ3n) is 3.51. The highest BCUT2D eigenvalue weighted by molar-refractivity contribution is 7.19. The number of allylic oxidation sites excluding steroid dienone is 1. The van der Waals surface area contributed by atoms with Gasteiger partial charge in [-0.2, -0.15) is 5.26 Å². The Morgan fingerprint density at radius 1 is 1.20 bits per heavy atom. The number of nitrogens with zero attached hydrogens (tertiary/aromatic N) is 2. The Morgan fingerprint density at radius 3 is 2.68 bits per heavy atom. The Hall–Kier alpha value is -2.84. The van der Waals surface area contributed by atoms with Gasteiger partial charge in [-0.3, -0.25) is 0 Å². The normalized spacial score (nSPS) is 11.6. The minimum atomic E-state index is 0.0350. The van der Waals surface area contributed by atoms with E-state index in [-0.39, 0.29) is 6.10 Å². The van der Waals surface area contributed by atoms with Gasteiger partial charge in [-0.25, -0.2) is 4.98 Å². The van der Waals surface area contributed by atoms with Crippen molar-refractivity contribution in [3.05, 3.63) is 53.0 Å². The Balaban J connectivity index is 2.00. The third kappa shape index (κ3) is 3.81. The topological polar surface area (TPSA) is 55.1 Å². The second-order valence-corrected chi connectivity index (χ2v) is 6.76. The van der Waals surface area contributed by atoms with E-state index in [1.807, 2.05) is 62.4 Å². The number of hydrogen-bond donors (Lipinski definition) is 0. The largest absolute Gasteiger partial charge is 0.493 e. The first-order chi connectivity index (χ1) is 12.1. The van der Waals surface area contributed by atoms with E-state index in [2.05, 4.69) is 11.1 Å². The van der Waals surface area contributed by atoms with Crippen LogP contribution >= 0.6 is 11.3 Å². The lowest BCUT2D eigenvalue weighted by molar-refractivity contribution is 0.230. The first kappa shape index (κ1) is 17.0. The van der Waals surface area contributed by atoms with Gasteiger partial charge in [0.1, 0.15) is 11.1 Å². The van der Waals surface area contributed by atoms with Gasteiger partial charge in [0.15, 0.2) is 11.5 Å². The average Bonchev–Trinajstić information content (AvgIpc) is 3.03. The molecule has 1 aromatic heterocycles. The highest BCUT2D eigenvalue weighted by Gasteiger charge is 2.11. The Morgan fingerprint density at radius 2 is 2.00 bits per heavy atom. The van der Waals surface area contributed by atoms with Crippen LogP contribution in [0.15, 0.2) is 42.5 Å². The minimum absolute atomic E-state index is 0.0350. The molecule has 0 amide bonds. The maximum atomic E-state index is 9.57. The SMILES string of the molecule is COc1ccc(C=C(C#N)c2nc3ccccc3s2)cc1OC(C)C. The van der Waals surface area contributed by atoms with Crippen LogP contribution in [-0.2, 0) is 0 Å². The second-order valence-electron chi connectivity index (χ2n) is 5.73.